The van der Waals surface area contributed by atoms with E-state index in [0.29, 0.717) is 12.1 Å². The number of H-pyrrole nitrogens is 1. The molecule has 0 bridgehead atoms. The van der Waals surface area contributed by atoms with Gasteiger partial charge < -0.3 is 4.90 Å². The Bertz CT molecular complexity index is 1190. The van der Waals surface area contributed by atoms with Gasteiger partial charge in [0, 0.05) is 43.4 Å². The fourth-order valence-electron chi connectivity index (χ4n) is 3.31. The van der Waals surface area contributed by atoms with Gasteiger partial charge in [-0.3, -0.25) is 14.7 Å². The van der Waals surface area contributed by atoms with E-state index in [0.717, 1.165) is 29.8 Å². The minimum absolute atomic E-state index is 0.000943. The van der Waals surface area contributed by atoms with Gasteiger partial charge in [0.2, 0.25) is 15.9 Å². The summed E-state index contributed by atoms with van der Waals surface area (Å²) in [6, 6.07) is 17.6. The maximum Gasteiger partial charge on any atom is 0.240 e. The van der Waals surface area contributed by atoms with Gasteiger partial charge in [0.1, 0.15) is 0 Å². The van der Waals surface area contributed by atoms with Crippen LogP contribution in [0.4, 0.5) is 0 Å². The first-order valence-electron chi connectivity index (χ1n) is 10.7. The van der Waals surface area contributed by atoms with Crippen LogP contribution in [-0.2, 0) is 21.2 Å². The highest BCUT2D eigenvalue weighted by atomic mass is 32.2. The molecule has 3 rings (SSSR count). The Balaban J connectivity index is 1.40. The van der Waals surface area contributed by atoms with Crippen molar-refractivity contribution in [3.63, 3.8) is 0 Å². The normalized spacial score (nSPS) is 11.3. The number of amides is 1. The van der Waals surface area contributed by atoms with Crippen LogP contribution >= 0.6 is 0 Å². The third-order valence-corrected chi connectivity index (χ3v) is 6.74. The van der Waals surface area contributed by atoms with Crippen molar-refractivity contribution < 1.29 is 18.0 Å². The standard InChI is InChI=1S/C24H28N4O4S/c1-18(29)19-10-12-22(13-11-19)33(31,32)25-15-14-24(30)28(2)16-6-9-21-17-23(27-26-21)20-7-4-3-5-8-20/h3-5,7-8,10-13,17,25H,6,9,14-16H2,1-2H3,(H,26,27). The first kappa shape index (κ1) is 24.3. The number of Topliss-reactive ketones (excluding diaryl/α,β-unsaturated/α-hetero) is 1. The van der Waals surface area contributed by atoms with E-state index in [9.17, 15) is 18.0 Å². The lowest BCUT2D eigenvalue weighted by atomic mass is 10.1. The van der Waals surface area contributed by atoms with Crippen LogP contribution in [0.25, 0.3) is 11.3 Å². The van der Waals surface area contributed by atoms with Crippen LogP contribution in [0.3, 0.4) is 0 Å². The summed E-state index contributed by atoms with van der Waals surface area (Å²) in [7, 11) is -2.03. The summed E-state index contributed by atoms with van der Waals surface area (Å²) in [5.41, 5.74) is 3.37. The number of carbonyl (C=O) groups excluding carboxylic acids is 2. The van der Waals surface area contributed by atoms with Crippen molar-refractivity contribution in [3.8, 4) is 11.3 Å². The number of hydrogen-bond acceptors (Lipinski definition) is 5. The Morgan fingerprint density at radius 3 is 2.42 bits per heavy atom. The predicted molar refractivity (Wildman–Crippen MR) is 126 cm³/mol. The second kappa shape index (κ2) is 11.0. The van der Waals surface area contributed by atoms with Gasteiger partial charge in [-0.15, -0.1) is 0 Å². The average molecular weight is 469 g/mol. The summed E-state index contributed by atoms with van der Waals surface area (Å²) in [5, 5.41) is 7.37. The minimum Gasteiger partial charge on any atom is -0.346 e. The third-order valence-electron chi connectivity index (χ3n) is 5.27. The van der Waals surface area contributed by atoms with E-state index in [1.807, 2.05) is 36.4 Å². The van der Waals surface area contributed by atoms with Crippen molar-refractivity contribution in [2.75, 3.05) is 20.1 Å². The second-order valence-corrected chi connectivity index (χ2v) is 9.56. The van der Waals surface area contributed by atoms with Crippen molar-refractivity contribution >= 4 is 21.7 Å². The van der Waals surface area contributed by atoms with E-state index in [1.165, 1.54) is 31.2 Å². The van der Waals surface area contributed by atoms with E-state index in [1.54, 1.807) is 11.9 Å². The molecule has 0 aliphatic carbocycles. The molecule has 2 aromatic carbocycles. The third kappa shape index (κ3) is 6.84. The quantitative estimate of drug-likeness (QED) is 0.420. The van der Waals surface area contributed by atoms with Crippen molar-refractivity contribution in [2.24, 2.45) is 0 Å². The number of nitrogens with zero attached hydrogens (tertiary/aromatic N) is 2. The molecule has 33 heavy (non-hydrogen) atoms. The lowest BCUT2D eigenvalue weighted by Crippen LogP contribution is -2.32. The Labute approximate surface area is 194 Å². The molecule has 2 N–H and O–H groups in total. The summed E-state index contributed by atoms with van der Waals surface area (Å²) >= 11 is 0. The fraction of sp³-hybridized carbons (Fsp3) is 0.292. The van der Waals surface area contributed by atoms with E-state index < -0.39 is 10.0 Å². The minimum atomic E-state index is -3.74. The summed E-state index contributed by atoms with van der Waals surface area (Å²) in [5.74, 6) is -0.274. The lowest BCUT2D eigenvalue weighted by molar-refractivity contribution is -0.129. The molecule has 9 heteroatoms. The van der Waals surface area contributed by atoms with Gasteiger partial charge in [-0.2, -0.15) is 5.10 Å². The smallest absolute Gasteiger partial charge is 0.240 e. The topological polar surface area (TPSA) is 112 Å². The van der Waals surface area contributed by atoms with Crippen LogP contribution in [-0.4, -0.2) is 55.3 Å². The molecule has 0 fully saturated rings. The number of aromatic amines is 1. The molecule has 0 aliphatic heterocycles. The molecule has 0 saturated heterocycles. The van der Waals surface area contributed by atoms with E-state index in [-0.39, 0.29) is 29.6 Å². The highest BCUT2D eigenvalue weighted by Crippen LogP contribution is 2.17. The molecular formula is C24H28N4O4S. The van der Waals surface area contributed by atoms with Crippen LogP contribution < -0.4 is 4.72 Å². The van der Waals surface area contributed by atoms with Crippen LogP contribution in [0.2, 0.25) is 0 Å². The van der Waals surface area contributed by atoms with Crippen molar-refractivity contribution in [3.05, 3.63) is 71.9 Å². The number of hydrogen-bond donors (Lipinski definition) is 2. The number of aryl methyl sites for hydroxylation is 1. The van der Waals surface area contributed by atoms with Gasteiger partial charge in [-0.25, -0.2) is 13.1 Å². The van der Waals surface area contributed by atoms with Crippen molar-refractivity contribution in [1.82, 2.24) is 19.8 Å². The molecule has 8 nitrogen and oxygen atoms in total. The summed E-state index contributed by atoms with van der Waals surface area (Å²) in [6.07, 6.45) is 1.57. The monoisotopic (exact) mass is 468 g/mol. The zero-order valence-corrected chi connectivity index (χ0v) is 19.6. The van der Waals surface area contributed by atoms with Gasteiger partial charge in [-0.05, 0) is 38.0 Å². The summed E-state index contributed by atoms with van der Waals surface area (Å²) < 4.78 is 27.2. The molecular weight excluding hydrogens is 440 g/mol. The van der Waals surface area contributed by atoms with Gasteiger partial charge in [0.05, 0.1) is 10.6 Å². The maximum absolute atomic E-state index is 12.4. The molecule has 0 saturated carbocycles. The number of carbonyl (C=O) groups is 2. The summed E-state index contributed by atoms with van der Waals surface area (Å²) in [6.45, 7) is 1.97. The Morgan fingerprint density at radius 1 is 1.06 bits per heavy atom. The van der Waals surface area contributed by atoms with Crippen molar-refractivity contribution in [2.45, 2.75) is 31.1 Å². The molecule has 0 radical (unpaired) electrons. The molecule has 0 atom stereocenters. The number of aromatic nitrogens is 2. The molecule has 0 aliphatic rings. The Hall–Kier alpha value is -3.30. The molecule has 1 amide bonds. The molecule has 1 aromatic heterocycles. The van der Waals surface area contributed by atoms with E-state index >= 15 is 0 Å². The molecule has 0 spiro atoms. The fourth-order valence-corrected chi connectivity index (χ4v) is 4.35. The molecule has 1 heterocycles. The number of ketones is 1. The number of sulfonamides is 1. The molecule has 174 valence electrons. The Kier molecular flexibility index (Phi) is 8.13. The lowest BCUT2D eigenvalue weighted by Gasteiger charge is -2.17. The van der Waals surface area contributed by atoms with Gasteiger partial charge in [-0.1, -0.05) is 42.5 Å². The van der Waals surface area contributed by atoms with Gasteiger partial charge >= 0.3 is 0 Å². The van der Waals surface area contributed by atoms with Crippen LogP contribution in [0, 0.1) is 0 Å². The number of benzene rings is 2. The van der Waals surface area contributed by atoms with Crippen LogP contribution in [0.15, 0.2) is 65.6 Å². The maximum atomic E-state index is 12.4. The zero-order valence-electron chi connectivity index (χ0n) is 18.7. The first-order chi connectivity index (χ1) is 15.8. The van der Waals surface area contributed by atoms with Gasteiger partial charge in [0.25, 0.3) is 0 Å². The largest absolute Gasteiger partial charge is 0.346 e. The highest BCUT2D eigenvalue weighted by molar-refractivity contribution is 7.89. The SMILES string of the molecule is CC(=O)c1ccc(S(=O)(=O)NCCC(=O)N(C)CCCc2cc(-c3ccccc3)n[nH]2)cc1. The van der Waals surface area contributed by atoms with Crippen LogP contribution in [0.1, 0.15) is 35.8 Å². The Morgan fingerprint density at radius 2 is 1.76 bits per heavy atom. The van der Waals surface area contributed by atoms with E-state index in [4.69, 9.17) is 0 Å². The van der Waals surface area contributed by atoms with Crippen molar-refractivity contribution in [1.29, 1.82) is 0 Å². The zero-order chi connectivity index (χ0) is 23.8. The predicted octanol–water partition coefficient (Wildman–Crippen LogP) is 3.04. The molecule has 0 unspecified atom stereocenters. The van der Waals surface area contributed by atoms with Gasteiger partial charge in [0.15, 0.2) is 5.78 Å². The average Bonchev–Trinajstić information content (AvgIpc) is 3.28. The second-order valence-electron chi connectivity index (χ2n) is 7.79. The van der Waals surface area contributed by atoms with E-state index in [2.05, 4.69) is 14.9 Å². The first-order valence-corrected chi connectivity index (χ1v) is 12.2. The number of nitrogens with one attached hydrogen (secondary N) is 2. The number of rotatable bonds is 11. The molecule has 3 aromatic rings. The summed E-state index contributed by atoms with van der Waals surface area (Å²) in [4.78, 5) is 25.3. The van der Waals surface area contributed by atoms with Crippen LogP contribution in [0.5, 0.6) is 0 Å². The highest BCUT2D eigenvalue weighted by Gasteiger charge is 2.16.